The zero-order chi connectivity index (χ0) is 17.5. The quantitative estimate of drug-likeness (QED) is 0.604. The van der Waals surface area contributed by atoms with Gasteiger partial charge in [-0.25, -0.2) is 4.79 Å². The molecule has 24 heavy (non-hydrogen) atoms. The van der Waals surface area contributed by atoms with E-state index in [-0.39, 0.29) is 18.3 Å². The van der Waals surface area contributed by atoms with Crippen molar-refractivity contribution in [2.24, 2.45) is 11.7 Å². The molecule has 7 heteroatoms. The molecular formula is C17H29ClN4O2. The van der Waals surface area contributed by atoms with Crippen molar-refractivity contribution >= 4 is 30.0 Å². The van der Waals surface area contributed by atoms with Gasteiger partial charge >= 0.3 is 6.03 Å². The minimum absolute atomic E-state index is 0. The van der Waals surface area contributed by atoms with Gasteiger partial charge in [0.1, 0.15) is 6.04 Å². The van der Waals surface area contributed by atoms with E-state index in [0.29, 0.717) is 18.2 Å². The Bertz CT molecular complexity index is 525. The maximum Gasteiger partial charge on any atom is 0.319 e. The van der Waals surface area contributed by atoms with Crippen LogP contribution in [0.15, 0.2) is 30.3 Å². The zero-order valence-electron chi connectivity index (χ0n) is 14.8. The fourth-order valence-electron chi connectivity index (χ4n) is 2.44. The van der Waals surface area contributed by atoms with E-state index < -0.39 is 17.6 Å². The fraction of sp³-hybridized carbons (Fsp3) is 0.529. The molecule has 5 N–H and O–H groups in total. The van der Waals surface area contributed by atoms with Gasteiger partial charge in [0.2, 0.25) is 5.91 Å². The first-order chi connectivity index (χ1) is 10.8. The van der Waals surface area contributed by atoms with E-state index in [1.807, 2.05) is 25.1 Å². The number of hydrogen-bond acceptors (Lipinski definition) is 3. The topological polar surface area (TPSA) is 96.2 Å². The highest BCUT2D eigenvalue weighted by atomic mass is 35.5. The van der Waals surface area contributed by atoms with E-state index in [1.54, 1.807) is 19.1 Å². The normalized spacial score (nSPS) is 14.1. The molecule has 0 bridgehead atoms. The van der Waals surface area contributed by atoms with Crippen LogP contribution in [0.4, 0.5) is 10.5 Å². The highest BCUT2D eigenvalue weighted by Gasteiger charge is 2.28. The highest BCUT2D eigenvalue weighted by molar-refractivity contribution is 5.93. The third kappa shape index (κ3) is 7.66. The van der Waals surface area contributed by atoms with Crippen molar-refractivity contribution in [1.82, 2.24) is 10.6 Å². The molecule has 2 atom stereocenters. The van der Waals surface area contributed by atoms with Crippen molar-refractivity contribution in [3.8, 4) is 0 Å². The number of carbonyl (C=O) groups is 2. The maximum absolute atomic E-state index is 12.3. The molecule has 0 aliphatic rings. The molecule has 136 valence electrons. The number of anilines is 1. The van der Waals surface area contributed by atoms with E-state index in [0.717, 1.165) is 6.42 Å². The van der Waals surface area contributed by atoms with Gasteiger partial charge in [-0.05, 0) is 38.3 Å². The second-order valence-corrected chi connectivity index (χ2v) is 6.54. The van der Waals surface area contributed by atoms with E-state index in [9.17, 15) is 9.59 Å². The van der Waals surface area contributed by atoms with Gasteiger partial charge in [0.25, 0.3) is 0 Å². The summed E-state index contributed by atoms with van der Waals surface area (Å²) in [7, 11) is 0. The molecule has 3 amide bonds. The summed E-state index contributed by atoms with van der Waals surface area (Å²) in [5.41, 5.74) is 5.99. The molecule has 0 radical (unpaired) electrons. The third-order valence-electron chi connectivity index (χ3n) is 3.51. The van der Waals surface area contributed by atoms with Gasteiger partial charge in [-0.3, -0.25) is 4.79 Å². The van der Waals surface area contributed by atoms with Crippen LogP contribution in [0, 0.1) is 5.92 Å². The standard InChI is InChI=1S/C17H28N4O2.ClH/c1-12(2)10-17(4,11-18)21-15(22)13(3)19-16(23)20-14-8-6-5-7-9-14;/h5-9,12-13H,10-11,18H2,1-4H3,(H,21,22)(H2,19,20,23);1H. The molecule has 0 saturated heterocycles. The Kier molecular flexibility index (Phi) is 9.40. The van der Waals surface area contributed by atoms with Crippen molar-refractivity contribution < 1.29 is 9.59 Å². The van der Waals surface area contributed by atoms with Crippen LogP contribution in [0.25, 0.3) is 0 Å². The molecule has 0 spiro atoms. The summed E-state index contributed by atoms with van der Waals surface area (Å²) in [5.74, 6) is 0.162. The average molecular weight is 357 g/mol. The first-order valence-electron chi connectivity index (χ1n) is 7.90. The largest absolute Gasteiger partial charge is 0.348 e. The number of benzene rings is 1. The molecule has 6 nitrogen and oxygen atoms in total. The minimum atomic E-state index is -0.656. The van der Waals surface area contributed by atoms with Gasteiger partial charge in [-0.1, -0.05) is 32.0 Å². The third-order valence-corrected chi connectivity index (χ3v) is 3.51. The van der Waals surface area contributed by atoms with Crippen LogP contribution in [-0.2, 0) is 4.79 Å². The molecule has 1 aromatic rings. The van der Waals surface area contributed by atoms with Crippen LogP contribution < -0.4 is 21.7 Å². The molecule has 0 heterocycles. The van der Waals surface area contributed by atoms with Crippen molar-refractivity contribution in [3.63, 3.8) is 0 Å². The number of rotatable bonds is 7. The Morgan fingerprint density at radius 1 is 1.17 bits per heavy atom. The summed E-state index contributed by atoms with van der Waals surface area (Å²) in [6.45, 7) is 8.07. The van der Waals surface area contributed by atoms with Crippen LogP contribution in [0.5, 0.6) is 0 Å². The van der Waals surface area contributed by atoms with Crippen molar-refractivity contribution in [2.45, 2.75) is 45.7 Å². The van der Waals surface area contributed by atoms with Crippen LogP contribution in [0.1, 0.15) is 34.1 Å². The van der Waals surface area contributed by atoms with Gasteiger partial charge in [0.05, 0.1) is 0 Å². The highest BCUT2D eigenvalue weighted by Crippen LogP contribution is 2.15. The summed E-state index contributed by atoms with van der Waals surface area (Å²) in [5, 5.41) is 8.24. The lowest BCUT2D eigenvalue weighted by molar-refractivity contribution is -0.124. The molecule has 1 rings (SSSR count). The van der Waals surface area contributed by atoms with Crippen molar-refractivity contribution in [1.29, 1.82) is 0 Å². The smallest absolute Gasteiger partial charge is 0.319 e. The molecule has 0 aliphatic carbocycles. The van der Waals surface area contributed by atoms with E-state index >= 15 is 0 Å². The Balaban J connectivity index is 0.00000529. The number of amides is 3. The van der Waals surface area contributed by atoms with E-state index in [1.165, 1.54) is 0 Å². The first-order valence-corrected chi connectivity index (χ1v) is 7.90. The molecular weight excluding hydrogens is 328 g/mol. The SMILES string of the molecule is CC(C)CC(C)(CN)NC(=O)C(C)NC(=O)Nc1ccccc1.Cl. The number of halogens is 1. The summed E-state index contributed by atoms with van der Waals surface area (Å²) in [4.78, 5) is 24.2. The number of nitrogens with two attached hydrogens (primary N) is 1. The fourth-order valence-corrected chi connectivity index (χ4v) is 2.44. The Labute approximate surface area is 150 Å². The van der Waals surface area contributed by atoms with Gasteiger partial charge in [-0.2, -0.15) is 0 Å². The predicted molar refractivity (Wildman–Crippen MR) is 100 cm³/mol. The second kappa shape index (κ2) is 10.2. The molecule has 2 unspecified atom stereocenters. The number of nitrogens with one attached hydrogen (secondary N) is 3. The number of para-hydroxylation sites is 1. The van der Waals surface area contributed by atoms with Crippen LogP contribution in [0.3, 0.4) is 0 Å². The van der Waals surface area contributed by atoms with Gasteiger partial charge in [-0.15, -0.1) is 12.4 Å². The summed E-state index contributed by atoms with van der Waals surface area (Å²) in [6.07, 6.45) is 0.776. The predicted octanol–water partition coefficient (Wildman–Crippen LogP) is 2.50. The summed E-state index contributed by atoms with van der Waals surface area (Å²) < 4.78 is 0. The van der Waals surface area contributed by atoms with Crippen LogP contribution in [0.2, 0.25) is 0 Å². The lowest BCUT2D eigenvalue weighted by Gasteiger charge is -2.32. The van der Waals surface area contributed by atoms with Crippen LogP contribution >= 0.6 is 12.4 Å². The van der Waals surface area contributed by atoms with Gasteiger partial charge in [0, 0.05) is 17.8 Å². The zero-order valence-corrected chi connectivity index (χ0v) is 15.6. The Hall–Kier alpha value is -1.79. The average Bonchev–Trinajstić information content (AvgIpc) is 2.47. The number of carbonyl (C=O) groups excluding carboxylic acids is 2. The first kappa shape index (κ1) is 22.2. The molecule has 1 aromatic carbocycles. The maximum atomic E-state index is 12.3. The van der Waals surface area contributed by atoms with Crippen molar-refractivity contribution in [2.75, 3.05) is 11.9 Å². The Morgan fingerprint density at radius 2 is 1.75 bits per heavy atom. The number of hydrogen-bond donors (Lipinski definition) is 4. The summed E-state index contributed by atoms with van der Waals surface area (Å²) >= 11 is 0. The molecule has 0 fully saturated rings. The lowest BCUT2D eigenvalue weighted by Crippen LogP contribution is -2.57. The lowest BCUT2D eigenvalue weighted by atomic mass is 9.90. The second-order valence-electron chi connectivity index (χ2n) is 6.54. The minimum Gasteiger partial charge on any atom is -0.348 e. The van der Waals surface area contributed by atoms with E-state index in [2.05, 4.69) is 29.8 Å². The van der Waals surface area contributed by atoms with Gasteiger partial charge in [0.15, 0.2) is 0 Å². The van der Waals surface area contributed by atoms with Crippen LogP contribution in [-0.4, -0.2) is 30.1 Å². The Morgan fingerprint density at radius 3 is 2.25 bits per heavy atom. The van der Waals surface area contributed by atoms with Crippen molar-refractivity contribution in [3.05, 3.63) is 30.3 Å². The number of urea groups is 1. The van der Waals surface area contributed by atoms with E-state index in [4.69, 9.17) is 5.73 Å². The summed E-state index contributed by atoms with van der Waals surface area (Å²) in [6, 6.07) is 7.99. The molecule has 0 saturated carbocycles. The van der Waals surface area contributed by atoms with Gasteiger partial charge < -0.3 is 21.7 Å². The molecule has 0 aromatic heterocycles. The molecule has 0 aliphatic heterocycles. The monoisotopic (exact) mass is 356 g/mol.